The highest BCUT2D eigenvalue weighted by Gasteiger charge is 2.32. The van der Waals surface area contributed by atoms with Crippen molar-refractivity contribution in [3.05, 3.63) is 62.8 Å². The fourth-order valence-corrected chi connectivity index (χ4v) is 3.32. The predicted octanol–water partition coefficient (Wildman–Crippen LogP) is 2.90. The van der Waals surface area contributed by atoms with Crippen LogP contribution >= 0.6 is 0 Å². The molecule has 0 amide bonds. The van der Waals surface area contributed by atoms with Gasteiger partial charge in [-0.2, -0.15) is 13.2 Å². The number of hydrogen-bond donors (Lipinski definition) is 1. The van der Waals surface area contributed by atoms with E-state index in [-0.39, 0.29) is 29.2 Å². The molecule has 0 spiro atoms. The molecular weight excluding hydrogens is 407 g/mol. The van der Waals surface area contributed by atoms with Crippen LogP contribution in [0, 0.1) is 10.1 Å². The summed E-state index contributed by atoms with van der Waals surface area (Å²) in [6, 6.07) is 4.68. The molecule has 1 N–H and O–H groups in total. The molecule has 0 radical (unpaired) electrons. The highest BCUT2D eigenvalue weighted by atomic mass is 19.4. The van der Waals surface area contributed by atoms with Gasteiger partial charge in [0.15, 0.2) is 0 Å². The van der Waals surface area contributed by atoms with Crippen LogP contribution in [0.1, 0.15) is 12.0 Å². The maximum absolute atomic E-state index is 12.6. The highest BCUT2D eigenvalue weighted by Crippen LogP contribution is 2.34. The molecule has 12 heteroatoms. The average molecular weight is 421 g/mol. The van der Waals surface area contributed by atoms with Crippen molar-refractivity contribution in [2.24, 2.45) is 0 Å². The number of hydrogen-bond acceptors (Lipinski definition) is 7. The second-order valence-corrected chi connectivity index (χ2v) is 6.70. The van der Waals surface area contributed by atoms with Crippen LogP contribution in [0.25, 0.3) is 10.9 Å². The van der Waals surface area contributed by atoms with E-state index in [9.17, 15) is 28.1 Å². The molecule has 3 aromatic rings. The topological polar surface area (TPSA) is 114 Å². The molecule has 1 aliphatic heterocycles. The van der Waals surface area contributed by atoms with Gasteiger partial charge in [0, 0.05) is 31.3 Å². The van der Waals surface area contributed by atoms with Crippen molar-refractivity contribution in [2.75, 3.05) is 18.0 Å². The summed E-state index contributed by atoms with van der Waals surface area (Å²) in [7, 11) is 0. The molecule has 0 saturated carbocycles. The molecule has 9 nitrogen and oxygen atoms in total. The number of nitro benzene ring substituents is 1. The Morgan fingerprint density at radius 3 is 2.73 bits per heavy atom. The van der Waals surface area contributed by atoms with E-state index in [1.165, 1.54) is 18.5 Å². The third kappa shape index (κ3) is 3.75. The van der Waals surface area contributed by atoms with Crippen LogP contribution in [0.5, 0.6) is 5.88 Å². The van der Waals surface area contributed by atoms with E-state index in [1.807, 2.05) is 0 Å². The van der Waals surface area contributed by atoms with E-state index < -0.39 is 28.3 Å². The maximum atomic E-state index is 12.6. The van der Waals surface area contributed by atoms with Gasteiger partial charge >= 0.3 is 6.18 Å². The van der Waals surface area contributed by atoms with Crippen molar-refractivity contribution in [3.63, 3.8) is 0 Å². The summed E-state index contributed by atoms with van der Waals surface area (Å²) in [5.74, 6) is 0.0380. The third-order valence-electron chi connectivity index (χ3n) is 4.77. The summed E-state index contributed by atoms with van der Waals surface area (Å²) in [5.41, 5.74) is -0.998. The Balaban J connectivity index is 1.55. The summed E-state index contributed by atoms with van der Waals surface area (Å²) < 4.78 is 43.5. The molecule has 3 heterocycles. The smallest absolute Gasteiger partial charge is 0.417 e. The number of pyridine rings is 1. The standard InChI is InChI=1S/C18H14F3N5O4/c19-18(20,21)10-1-2-16(22-7-10)30-11-3-4-25(8-11)14-6-13-12(5-15(14)26(28)29)17(27)24-9-23-13/h1-2,5-7,9,11H,3-4,8H2,(H,23,24,27). The Hall–Kier alpha value is -3.70. The monoisotopic (exact) mass is 421 g/mol. The molecule has 1 unspecified atom stereocenters. The van der Waals surface area contributed by atoms with Gasteiger partial charge in [0.05, 0.1) is 34.3 Å². The number of fused-ring (bicyclic) bond motifs is 1. The minimum absolute atomic E-state index is 0.0380. The first-order valence-electron chi connectivity index (χ1n) is 8.83. The van der Waals surface area contributed by atoms with Crippen LogP contribution in [0.15, 0.2) is 41.6 Å². The molecule has 4 rings (SSSR count). The number of ether oxygens (including phenoxy) is 1. The fraction of sp³-hybridized carbons (Fsp3) is 0.278. The molecule has 1 aliphatic rings. The summed E-state index contributed by atoms with van der Waals surface area (Å²) in [6.07, 6.45) is -2.51. The Bertz CT molecular complexity index is 1160. The number of rotatable bonds is 4. The summed E-state index contributed by atoms with van der Waals surface area (Å²) in [5, 5.41) is 11.6. The molecule has 2 aromatic heterocycles. The quantitative estimate of drug-likeness (QED) is 0.509. The Morgan fingerprint density at radius 2 is 2.07 bits per heavy atom. The number of nitro groups is 1. The van der Waals surface area contributed by atoms with Gasteiger partial charge in [-0.25, -0.2) is 9.97 Å². The van der Waals surface area contributed by atoms with Crippen molar-refractivity contribution in [3.8, 4) is 5.88 Å². The van der Waals surface area contributed by atoms with Crippen molar-refractivity contribution < 1.29 is 22.8 Å². The number of halogens is 3. The Morgan fingerprint density at radius 1 is 1.27 bits per heavy atom. The number of alkyl halides is 3. The number of anilines is 1. The first-order chi connectivity index (χ1) is 14.2. The number of nitrogens with zero attached hydrogens (tertiary/aromatic N) is 4. The SMILES string of the molecule is O=c1[nH]cnc2cc(N3CCC(Oc4ccc(C(F)(F)F)cn4)C3)c([N+](=O)[O-])cc12. The number of aromatic amines is 1. The molecule has 1 fully saturated rings. The summed E-state index contributed by atoms with van der Waals surface area (Å²) >= 11 is 0. The largest absolute Gasteiger partial charge is 0.472 e. The van der Waals surface area contributed by atoms with Crippen LogP contribution in [0.4, 0.5) is 24.5 Å². The van der Waals surface area contributed by atoms with E-state index >= 15 is 0 Å². The first-order valence-corrected chi connectivity index (χ1v) is 8.83. The lowest BCUT2D eigenvalue weighted by molar-refractivity contribution is -0.384. The Kier molecular flexibility index (Phi) is 4.76. The number of benzene rings is 1. The van der Waals surface area contributed by atoms with Crippen LogP contribution in [0.3, 0.4) is 0 Å². The Labute approximate surface area is 166 Å². The van der Waals surface area contributed by atoms with Gasteiger partial charge in [-0.3, -0.25) is 14.9 Å². The number of H-pyrrole nitrogens is 1. The van der Waals surface area contributed by atoms with Crippen molar-refractivity contribution in [1.82, 2.24) is 15.0 Å². The van der Waals surface area contributed by atoms with Gasteiger partial charge in [-0.05, 0) is 12.1 Å². The molecule has 1 aromatic carbocycles. The third-order valence-corrected chi connectivity index (χ3v) is 4.77. The van der Waals surface area contributed by atoms with E-state index in [0.29, 0.717) is 24.7 Å². The average Bonchev–Trinajstić information content (AvgIpc) is 3.15. The number of aromatic nitrogens is 3. The van der Waals surface area contributed by atoms with Gasteiger partial charge in [0.1, 0.15) is 11.8 Å². The predicted molar refractivity (Wildman–Crippen MR) is 99.5 cm³/mol. The minimum atomic E-state index is -4.49. The second kappa shape index (κ2) is 7.28. The molecule has 1 saturated heterocycles. The van der Waals surface area contributed by atoms with E-state index in [2.05, 4.69) is 15.0 Å². The zero-order valence-corrected chi connectivity index (χ0v) is 15.2. The van der Waals surface area contributed by atoms with Gasteiger partial charge in [0.25, 0.3) is 11.2 Å². The van der Waals surface area contributed by atoms with Gasteiger partial charge in [-0.15, -0.1) is 0 Å². The minimum Gasteiger partial charge on any atom is -0.472 e. The van der Waals surface area contributed by atoms with Crippen LogP contribution < -0.4 is 15.2 Å². The van der Waals surface area contributed by atoms with Crippen LogP contribution in [-0.4, -0.2) is 39.1 Å². The molecule has 156 valence electrons. The van der Waals surface area contributed by atoms with Gasteiger partial charge < -0.3 is 14.6 Å². The van der Waals surface area contributed by atoms with Crippen molar-refractivity contribution >= 4 is 22.3 Å². The lowest BCUT2D eigenvalue weighted by Crippen LogP contribution is -2.25. The molecule has 1 atom stereocenters. The maximum Gasteiger partial charge on any atom is 0.417 e. The first kappa shape index (κ1) is 19.6. The summed E-state index contributed by atoms with van der Waals surface area (Å²) in [6.45, 7) is 0.680. The van der Waals surface area contributed by atoms with Gasteiger partial charge in [-0.1, -0.05) is 0 Å². The zero-order valence-electron chi connectivity index (χ0n) is 15.2. The summed E-state index contributed by atoms with van der Waals surface area (Å²) in [4.78, 5) is 34.7. The normalized spacial score (nSPS) is 16.8. The van der Waals surface area contributed by atoms with E-state index in [0.717, 1.165) is 12.1 Å². The second-order valence-electron chi connectivity index (χ2n) is 6.70. The van der Waals surface area contributed by atoms with Crippen LogP contribution in [0.2, 0.25) is 0 Å². The fourth-order valence-electron chi connectivity index (χ4n) is 3.32. The van der Waals surface area contributed by atoms with E-state index in [4.69, 9.17) is 4.74 Å². The lowest BCUT2D eigenvalue weighted by Gasteiger charge is -2.19. The lowest BCUT2D eigenvalue weighted by atomic mass is 10.1. The van der Waals surface area contributed by atoms with E-state index in [1.54, 1.807) is 4.90 Å². The highest BCUT2D eigenvalue weighted by molar-refractivity contribution is 5.87. The number of nitrogens with one attached hydrogen (secondary N) is 1. The zero-order chi connectivity index (χ0) is 21.5. The van der Waals surface area contributed by atoms with Crippen molar-refractivity contribution in [2.45, 2.75) is 18.7 Å². The molecule has 0 aliphatic carbocycles. The molecule has 30 heavy (non-hydrogen) atoms. The molecule has 0 bridgehead atoms. The van der Waals surface area contributed by atoms with Crippen LogP contribution in [-0.2, 0) is 6.18 Å². The van der Waals surface area contributed by atoms with Gasteiger partial charge in [0.2, 0.25) is 5.88 Å². The molecular formula is C18H14F3N5O4. The van der Waals surface area contributed by atoms with Crippen molar-refractivity contribution in [1.29, 1.82) is 0 Å².